The maximum absolute atomic E-state index is 11.0. The Kier molecular flexibility index (Phi) is 34.8. The number of esters is 4. The van der Waals surface area contributed by atoms with Gasteiger partial charge in [0.2, 0.25) is 0 Å². The fourth-order valence-electron chi connectivity index (χ4n) is 2.52. The normalized spacial score (nSPS) is 9.93. The maximum Gasteiger partial charge on any atom is 0.333 e. The molecule has 9 heteroatoms. The van der Waals surface area contributed by atoms with Crippen molar-refractivity contribution in [3.8, 4) is 0 Å². The number of hydrogen-bond acceptors (Lipinski definition) is 9. The summed E-state index contributed by atoms with van der Waals surface area (Å²) < 4.78 is 18.8. The Hall–Kier alpha value is -3.46. The minimum Gasteiger partial charge on any atom is -0.466 e. The summed E-state index contributed by atoms with van der Waals surface area (Å²) in [7, 11) is 1.33. The van der Waals surface area contributed by atoms with Crippen LogP contribution in [0.1, 0.15) is 74.1 Å². The van der Waals surface area contributed by atoms with Crippen LogP contribution in [0.15, 0.2) is 61.8 Å². The molecule has 1 unspecified atom stereocenters. The monoisotopic (exact) mass is 595 g/mol. The Labute approximate surface area is 255 Å². The third kappa shape index (κ3) is 32.8. The molecule has 9 nitrogen and oxygen atoms in total. The molecule has 1 atom stereocenters. The van der Waals surface area contributed by atoms with Gasteiger partial charge in [-0.3, -0.25) is 0 Å². The van der Waals surface area contributed by atoms with Gasteiger partial charge in [-0.25, -0.2) is 19.2 Å². The number of methoxy groups -OCH3 is 1. The van der Waals surface area contributed by atoms with Crippen LogP contribution in [0, 0.1) is 5.92 Å². The number of carbonyl (C=O) groups is 4. The average molecular weight is 596 g/mol. The molecule has 242 valence electrons. The number of nitrogens with zero attached hydrogens (tertiary/aromatic N) is 1. The van der Waals surface area contributed by atoms with E-state index in [0.717, 1.165) is 32.5 Å². The van der Waals surface area contributed by atoms with Gasteiger partial charge in [0.05, 0.1) is 13.7 Å². The van der Waals surface area contributed by atoms with Gasteiger partial charge in [-0.15, -0.1) is 0 Å². The van der Waals surface area contributed by atoms with Crippen molar-refractivity contribution in [3.63, 3.8) is 0 Å². The zero-order valence-electron chi connectivity index (χ0n) is 27.6. The summed E-state index contributed by atoms with van der Waals surface area (Å²) >= 11 is 0. The van der Waals surface area contributed by atoms with E-state index >= 15 is 0 Å². The third-order valence-corrected chi connectivity index (χ3v) is 5.27. The van der Waals surface area contributed by atoms with E-state index in [9.17, 15) is 19.2 Å². The first kappa shape index (κ1) is 45.5. The largest absolute Gasteiger partial charge is 0.466 e. The van der Waals surface area contributed by atoms with E-state index in [0.29, 0.717) is 35.9 Å². The number of unbranched alkanes of at least 4 members (excludes halogenated alkanes) is 1. The van der Waals surface area contributed by atoms with Crippen LogP contribution in [-0.4, -0.2) is 75.3 Å². The Morgan fingerprint density at radius 2 is 1.29 bits per heavy atom. The van der Waals surface area contributed by atoms with Crippen LogP contribution in [0.25, 0.3) is 0 Å². The molecule has 0 aromatic rings. The lowest BCUT2D eigenvalue weighted by Crippen LogP contribution is -2.27. The van der Waals surface area contributed by atoms with Gasteiger partial charge < -0.3 is 23.8 Å². The van der Waals surface area contributed by atoms with Crippen molar-refractivity contribution >= 4 is 23.9 Å². The molecule has 0 bridgehead atoms. The minimum absolute atomic E-state index is 0.256. The molecule has 0 saturated carbocycles. The zero-order valence-corrected chi connectivity index (χ0v) is 27.6. The smallest absolute Gasteiger partial charge is 0.333 e. The highest BCUT2D eigenvalue weighted by Crippen LogP contribution is 2.12. The lowest BCUT2D eigenvalue weighted by atomic mass is 10.0. The SMILES string of the molecule is C=C(C)C(=O)OC.C=C(C)C(=O)OCCN(CC)CC.C=CC(=O)OCC(CC)CCCC.C=CCOC(=O)C(=C)C. The molecule has 42 heavy (non-hydrogen) atoms. The summed E-state index contributed by atoms with van der Waals surface area (Å²) in [6, 6.07) is 0. The quantitative estimate of drug-likeness (QED) is 0.0816. The lowest BCUT2D eigenvalue weighted by molar-refractivity contribution is -0.140. The first-order chi connectivity index (χ1) is 19.7. The molecular formula is C33H57NO8. The van der Waals surface area contributed by atoms with E-state index in [4.69, 9.17) is 9.47 Å². The van der Waals surface area contributed by atoms with Crippen molar-refractivity contribution in [1.82, 2.24) is 4.90 Å². The maximum atomic E-state index is 11.0. The Morgan fingerprint density at radius 3 is 1.62 bits per heavy atom. The molecule has 0 aromatic carbocycles. The summed E-state index contributed by atoms with van der Waals surface area (Å²) in [5, 5.41) is 0. The van der Waals surface area contributed by atoms with Crippen LogP contribution >= 0.6 is 0 Å². The van der Waals surface area contributed by atoms with Crippen LogP contribution in [-0.2, 0) is 38.1 Å². The van der Waals surface area contributed by atoms with Gasteiger partial charge >= 0.3 is 23.9 Å². The van der Waals surface area contributed by atoms with Gasteiger partial charge in [-0.2, -0.15) is 0 Å². The third-order valence-electron chi connectivity index (χ3n) is 5.27. The first-order valence-corrected chi connectivity index (χ1v) is 14.2. The second-order valence-electron chi connectivity index (χ2n) is 9.13. The summed E-state index contributed by atoms with van der Waals surface area (Å²) in [6.45, 7) is 34.3. The van der Waals surface area contributed by atoms with Crippen molar-refractivity contribution in [2.24, 2.45) is 5.92 Å². The molecular weight excluding hydrogens is 538 g/mol. The predicted octanol–water partition coefficient (Wildman–Crippen LogP) is 6.41. The van der Waals surface area contributed by atoms with Crippen molar-refractivity contribution < 1.29 is 38.1 Å². The second-order valence-corrected chi connectivity index (χ2v) is 9.13. The van der Waals surface area contributed by atoms with E-state index in [1.807, 2.05) is 0 Å². The number of likely N-dealkylation sites (N-methyl/N-ethyl adjacent to an activating group) is 1. The van der Waals surface area contributed by atoms with Gasteiger partial charge in [0.25, 0.3) is 0 Å². The van der Waals surface area contributed by atoms with Gasteiger partial charge in [0.1, 0.15) is 13.2 Å². The molecule has 0 heterocycles. The summed E-state index contributed by atoms with van der Waals surface area (Å²) in [5.74, 6) is -0.805. The molecule has 0 amide bonds. The molecule has 0 aliphatic heterocycles. The minimum atomic E-state index is -0.366. The highest BCUT2D eigenvalue weighted by molar-refractivity contribution is 5.87. The Morgan fingerprint density at radius 1 is 0.786 bits per heavy atom. The van der Waals surface area contributed by atoms with Crippen molar-refractivity contribution in [2.45, 2.75) is 74.1 Å². The van der Waals surface area contributed by atoms with Crippen molar-refractivity contribution in [2.75, 3.05) is 46.6 Å². The highest BCUT2D eigenvalue weighted by atomic mass is 16.5. The number of hydrogen-bond donors (Lipinski definition) is 0. The van der Waals surface area contributed by atoms with Crippen LogP contribution in [0.5, 0.6) is 0 Å². The van der Waals surface area contributed by atoms with Crippen LogP contribution in [0.3, 0.4) is 0 Å². The van der Waals surface area contributed by atoms with E-state index in [1.54, 1.807) is 20.8 Å². The van der Waals surface area contributed by atoms with Gasteiger partial charge in [-0.1, -0.05) is 85.9 Å². The lowest BCUT2D eigenvalue weighted by Gasteiger charge is -2.17. The summed E-state index contributed by atoms with van der Waals surface area (Å²) in [6.07, 6.45) is 7.37. The van der Waals surface area contributed by atoms with E-state index in [1.165, 1.54) is 32.1 Å². The molecule has 0 aromatic heterocycles. The molecule has 0 radical (unpaired) electrons. The van der Waals surface area contributed by atoms with Crippen LogP contribution in [0.4, 0.5) is 0 Å². The predicted molar refractivity (Wildman–Crippen MR) is 171 cm³/mol. The van der Waals surface area contributed by atoms with Crippen molar-refractivity contribution in [1.29, 1.82) is 0 Å². The molecule has 0 aliphatic carbocycles. The number of ether oxygens (including phenoxy) is 4. The molecule has 0 fully saturated rings. The molecule has 0 saturated heterocycles. The Bertz CT molecular complexity index is 828. The standard InChI is InChI=1S/C11H20O2.C10H19NO2.C7H10O2.C5H8O2/c1-4-7-8-10(5-2)9-13-11(12)6-3;1-5-11(6-2)7-8-13-10(12)9(3)4;1-4-5-9-7(8)6(2)3;1-4(2)5(6)7-3/h6,10H,3-5,7-9H2,1-2H3;3,5-8H2,1-2,4H3;4H,1-2,5H2,3H3;1H2,2-3H3. The van der Waals surface area contributed by atoms with Gasteiger partial charge in [-0.05, 0) is 46.2 Å². The fraction of sp³-hybridized carbons (Fsp3) is 0.576. The van der Waals surface area contributed by atoms with Gasteiger partial charge in [0.15, 0.2) is 0 Å². The highest BCUT2D eigenvalue weighted by Gasteiger charge is 2.07. The summed E-state index contributed by atoms with van der Waals surface area (Å²) in [5.41, 5.74) is 1.30. The fourth-order valence-corrected chi connectivity index (χ4v) is 2.52. The topological polar surface area (TPSA) is 108 Å². The zero-order chi connectivity index (χ0) is 33.5. The molecule has 0 N–H and O–H groups in total. The van der Waals surface area contributed by atoms with E-state index in [2.05, 4.69) is 75.0 Å². The Balaban J connectivity index is -0.000000236. The number of carbonyl (C=O) groups excluding carboxylic acids is 4. The average Bonchev–Trinajstić information content (AvgIpc) is 2.98. The number of rotatable bonds is 17. The second kappa shape index (κ2) is 32.1. The molecule has 0 aliphatic rings. The molecule has 0 spiro atoms. The molecule has 0 rings (SSSR count). The summed E-state index contributed by atoms with van der Waals surface area (Å²) in [4.78, 5) is 44.6. The van der Waals surface area contributed by atoms with E-state index in [-0.39, 0.29) is 30.5 Å². The van der Waals surface area contributed by atoms with Crippen LogP contribution in [0.2, 0.25) is 0 Å². The van der Waals surface area contributed by atoms with Gasteiger partial charge in [0, 0.05) is 29.3 Å². The van der Waals surface area contributed by atoms with E-state index < -0.39 is 0 Å². The van der Waals surface area contributed by atoms with Crippen molar-refractivity contribution in [3.05, 3.63) is 61.8 Å². The van der Waals surface area contributed by atoms with Crippen LogP contribution < -0.4 is 0 Å². The first-order valence-electron chi connectivity index (χ1n) is 14.2.